The Morgan fingerprint density at radius 2 is 2.55 bits per heavy atom. The smallest absolute Gasteiger partial charge is 0.0925 e. The molecule has 3 N–H and O–H groups in total. The zero-order valence-corrected chi connectivity index (χ0v) is 6.51. The number of rotatable bonds is 4. The first-order valence-corrected chi connectivity index (χ1v) is 3.70. The summed E-state index contributed by atoms with van der Waals surface area (Å²) in [7, 11) is 0. The van der Waals surface area contributed by atoms with Crippen LogP contribution in [0.25, 0.3) is 0 Å². The van der Waals surface area contributed by atoms with Crippen molar-refractivity contribution < 1.29 is 0 Å². The number of nitrogens with zero attached hydrogens (tertiary/aromatic N) is 1. The molecule has 3 nitrogen and oxygen atoms in total. The highest BCUT2D eigenvalue weighted by Crippen LogP contribution is 2.03. The molecule has 0 aliphatic heterocycles. The predicted octanol–water partition coefficient (Wildman–Crippen LogP) is 0.639. The molecule has 3 heteroatoms. The monoisotopic (exact) mass is 151 g/mol. The van der Waals surface area contributed by atoms with Crippen LogP contribution >= 0.6 is 0 Å². The van der Waals surface area contributed by atoms with Crippen molar-refractivity contribution >= 4 is 0 Å². The molecule has 1 aromatic rings. The number of nitrogens with two attached hydrogens (primary N) is 1. The lowest BCUT2D eigenvalue weighted by Crippen LogP contribution is -2.04. The lowest BCUT2D eigenvalue weighted by molar-refractivity contribution is 0.914. The van der Waals surface area contributed by atoms with E-state index in [1.165, 1.54) is 0 Å². The molecule has 11 heavy (non-hydrogen) atoms. The fourth-order valence-corrected chi connectivity index (χ4v) is 1.02. The van der Waals surface area contributed by atoms with Crippen LogP contribution in [0.15, 0.2) is 19.0 Å². The van der Waals surface area contributed by atoms with Crippen LogP contribution in [0.3, 0.4) is 0 Å². The maximum absolute atomic E-state index is 5.41. The van der Waals surface area contributed by atoms with Crippen LogP contribution in [-0.4, -0.2) is 16.5 Å². The van der Waals surface area contributed by atoms with Crippen LogP contribution in [0.2, 0.25) is 0 Å². The van der Waals surface area contributed by atoms with Gasteiger partial charge in [-0.15, -0.1) is 6.58 Å². The standard InChI is InChI=1S/C8H13N3/c1-2-3-7-8(4-5-9)11-6-10-7/h2,6H,1,3-5,9H2,(H,10,11). The predicted molar refractivity (Wildman–Crippen MR) is 45.2 cm³/mol. The summed E-state index contributed by atoms with van der Waals surface area (Å²) in [6.45, 7) is 4.31. The molecule has 0 bridgehead atoms. The maximum Gasteiger partial charge on any atom is 0.0925 e. The van der Waals surface area contributed by atoms with Crippen LogP contribution in [0.4, 0.5) is 0 Å². The first-order chi connectivity index (χ1) is 5.38. The van der Waals surface area contributed by atoms with Crippen molar-refractivity contribution in [1.29, 1.82) is 0 Å². The van der Waals surface area contributed by atoms with Crippen LogP contribution in [-0.2, 0) is 12.8 Å². The summed E-state index contributed by atoms with van der Waals surface area (Å²) in [6.07, 6.45) is 5.24. The molecule has 0 saturated carbocycles. The van der Waals surface area contributed by atoms with Gasteiger partial charge in [0.25, 0.3) is 0 Å². The Balaban J connectivity index is 2.69. The second-order valence-corrected chi connectivity index (χ2v) is 2.36. The molecule has 0 unspecified atom stereocenters. The highest BCUT2D eigenvalue weighted by atomic mass is 14.9. The van der Waals surface area contributed by atoms with Gasteiger partial charge in [0, 0.05) is 18.5 Å². The van der Waals surface area contributed by atoms with Crippen LogP contribution < -0.4 is 5.73 Å². The van der Waals surface area contributed by atoms with E-state index < -0.39 is 0 Å². The summed E-state index contributed by atoms with van der Waals surface area (Å²) in [5.74, 6) is 0. The summed E-state index contributed by atoms with van der Waals surface area (Å²) in [6, 6.07) is 0. The normalized spacial score (nSPS) is 9.91. The van der Waals surface area contributed by atoms with Gasteiger partial charge in [-0.1, -0.05) is 6.08 Å². The Morgan fingerprint density at radius 3 is 3.18 bits per heavy atom. The number of hydrogen-bond acceptors (Lipinski definition) is 2. The minimum absolute atomic E-state index is 0.648. The molecule has 0 amide bonds. The number of nitrogens with one attached hydrogen (secondary N) is 1. The number of hydrogen-bond donors (Lipinski definition) is 2. The van der Waals surface area contributed by atoms with Gasteiger partial charge in [-0.2, -0.15) is 0 Å². The average Bonchev–Trinajstić information content (AvgIpc) is 2.39. The molecular formula is C8H13N3. The molecule has 60 valence electrons. The molecule has 0 atom stereocenters. The summed E-state index contributed by atoms with van der Waals surface area (Å²) in [5.41, 5.74) is 7.60. The molecular weight excluding hydrogens is 138 g/mol. The van der Waals surface area contributed by atoms with Gasteiger partial charge in [0.15, 0.2) is 0 Å². The van der Waals surface area contributed by atoms with Crippen LogP contribution in [0.5, 0.6) is 0 Å². The molecule has 1 rings (SSSR count). The van der Waals surface area contributed by atoms with E-state index in [4.69, 9.17) is 5.73 Å². The minimum Gasteiger partial charge on any atom is -0.348 e. The molecule has 0 aliphatic carbocycles. The Kier molecular flexibility index (Phi) is 2.86. The molecule has 0 aromatic carbocycles. The Morgan fingerprint density at radius 1 is 1.73 bits per heavy atom. The molecule has 1 aromatic heterocycles. The van der Waals surface area contributed by atoms with Crippen molar-refractivity contribution in [3.8, 4) is 0 Å². The van der Waals surface area contributed by atoms with Gasteiger partial charge in [0.05, 0.1) is 12.0 Å². The van der Waals surface area contributed by atoms with Crippen LogP contribution in [0, 0.1) is 0 Å². The SMILES string of the molecule is C=CCc1[nH]cnc1CCN. The minimum atomic E-state index is 0.648. The zero-order chi connectivity index (χ0) is 8.10. The third kappa shape index (κ3) is 1.91. The van der Waals surface area contributed by atoms with Gasteiger partial charge < -0.3 is 10.7 Å². The Labute approximate surface area is 66.3 Å². The molecule has 0 spiro atoms. The molecule has 1 heterocycles. The number of allylic oxidation sites excluding steroid dienone is 1. The second kappa shape index (κ2) is 3.93. The van der Waals surface area contributed by atoms with Gasteiger partial charge in [0.2, 0.25) is 0 Å². The van der Waals surface area contributed by atoms with Gasteiger partial charge in [-0.25, -0.2) is 4.98 Å². The maximum atomic E-state index is 5.41. The number of aromatic amines is 1. The van der Waals surface area contributed by atoms with Crippen molar-refractivity contribution in [3.63, 3.8) is 0 Å². The summed E-state index contributed by atoms with van der Waals surface area (Å²) in [4.78, 5) is 7.19. The highest BCUT2D eigenvalue weighted by Gasteiger charge is 2.01. The quantitative estimate of drug-likeness (QED) is 0.620. The zero-order valence-electron chi connectivity index (χ0n) is 6.51. The first-order valence-electron chi connectivity index (χ1n) is 3.70. The van der Waals surface area contributed by atoms with E-state index in [1.54, 1.807) is 6.33 Å². The van der Waals surface area contributed by atoms with Crippen molar-refractivity contribution in [2.45, 2.75) is 12.8 Å². The molecule has 0 radical (unpaired) electrons. The van der Waals surface area contributed by atoms with Crippen molar-refractivity contribution in [3.05, 3.63) is 30.4 Å². The first kappa shape index (κ1) is 8.01. The highest BCUT2D eigenvalue weighted by molar-refractivity contribution is 5.14. The second-order valence-electron chi connectivity index (χ2n) is 2.36. The van der Waals surface area contributed by atoms with Crippen molar-refractivity contribution in [2.24, 2.45) is 5.73 Å². The fourth-order valence-electron chi connectivity index (χ4n) is 1.02. The van der Waals surface area contributed by atoms with Gasteiger partial charge in [-0.05, 0) is 6.54 Å². The van der Waals surface area contributed by atoms with E-state index in [2.05, 4.69) is 16.5 Å². The molecule has 0 fully saturated rings. The van der Waals surface area contributed by atoms with E-state index in [9.17, 15) is 0 Å². The molecule has 0 aliphatic rings. The Bertz CT molecular complexity index is 227. The summed E-state index contributed by atoms with van der Waals surface area (Å²) >= 11 is 0. The summed E-state index contributed by atoms with van der Waals surface area (Å²) in [5, 5.41) is 0. The lowest BCUT2D eigenvalue weighted by atomic mass is 10.2. The van der Waals surface area contributed by atoms with Crippen LogP contribution in [0.1, 0.15) is 11.4 Å². The van der Waals surface area contributed by atoms with Gasteiger partial charge >= 0.3 is 0 Å². The van der Waals surface area contributed by atoms with Crippen molar-refractivity contribution in [2.75, 3.05) is 6.54 Å². The third-order valence-corrected chi connectivity index (χ3v) is 1.54. The third-order valence-electron chi connectivity index (χ3n) is 1.54. The number of imidazole rings is 1. The van der Waals surface area contributed by atoms with Gasteiger partial charge in [-0.3, -0.25) is 0 Å². The fraction of sp³-hybridized carbons (Fsp3) is 0.375. The number of aromatic nitrogens is 2. The van der Waals surface area contributed by atoms with E-state index in [1.807, 2.05) is 6.08 Å². The topological polar surface area (TPSA) is 54.7 Å². The van der Waals surface area contributed by atoms with Gasteiger partial charge in [0.1, 0.15) is 0 Å². The van der Waals surface area contributed by atoms with E-state index in [0.29, 0.717) is 6.54 Å². The molecule has 0 saturated heterocycles. The van der Waals surface area contributed by atoms with E-state index in [-0.39, 0.29) is 0 Å². The Hall–Kier alpha value is -1.09. The largest absolute Gasteiger partial charge is 0.348 e. The lowest BCUT2D eigenvalue weighted by Gasteiger charge is -1.95. The summed E-state index contributed by atoms with van der Waals surface area (Å²) < 4.78 is 0. The van der Waals surface area contributed by atoms with Crippen molar-refractivity contribution in [1.82, 2.24) is 9.97 Å². The van der Waals surface area contributed by atoms with E-state index in [0.717, 1.165) is 24.2 Å². The average molecular weight is 151 g/mol. The van der Waals surface area contributed by atoms with E-state index >= 15 is 0 Å². The number of H-pyrrole nitrogens is 1.